The first-order valence-electron chi connectivity index (χ1n) is 8.14. The Kier molecular flexibility index (Phi) is 5.76. The number of carbonyl (C=O) groups excluding carboxylic acids is 1. The number of amides is 1. The lowest BCUT2D eigenvalue weighted by Crippen LogP contribution is -2.49. The van der Waals surface area contributed by atoms with Crippen molar-refractivity contribution in [3.05, 3.63) is 73.8 Å². The highest BCUT2D eigenvalue weighted by Crippen LogP contribution is 2.27. The Morgan fingerprint density at radius 2 is 2.08 bits per heavy atom. The van der Waals surface area contributed by atoms with Crippen LogP contribution in [0, 0.1) is 10.1 Å². The topological polar surface area (TPSA) is 75.5 Å². The molecule has 1 saturated heterocycles. The van der Waals surface area contributed by atoms with E-state index in [1.807, 2.05) is 18.2 Å². The van der Waals surface area contributed by atoms with Gasteiger partial charge in [0, 0.05) is 36.8 Å². The molecule has 1 aliphatic rings. The fourth-order valence-electron chi connectivity index (χ4n) is 3.07. The maximum absolute atomic E-state index is 12.9. The lowest BCUT2D eigenvalue weighted by Gasteiger charge is -2.37. The second-order valence-electron chi connectivity index (χ2n) is 6.07. The average molecular weight is 394 g/mol. The summed E-state index contributed by atoms with van der Waals surface area (Å²) in [4.78, 5) is 25.0. The van der Waals surface area contributed by atoms with E-state index in [2.05, 4.69) is 5.32 Å². The van der Waals surface area contributed by atoms with Crippen molar-refractivity contribution >= 4 is 34.8 Å². The van der Waals surface area contributed by atoms with Crippen molar-refractivity contribution < 1.29 is 9.72 Å². The lowest BCUT2D eigenvalue weighted by molar-refractivity contribution is -0.384. The molecule has 1 fully saturated rings. The van der Waals surface area contributed by atoms with E-state index in [0.717, 1.165) is 5.56 Å². The van der Waals surface area contributed by atoms with Gasteiger partial charge in [-0.2, -0.15) is 0 Å². The third-order valence-electron chi connectivity index (χ3n) is 4.39. The molecule has 26 heavy (non-hydrogen) atoms. The van der Waals surface area contributed by atoms with Crippen molar-refractivity contribution in [2.75, 3.05) is 19.6 Å². The third-order valence-corrected chi connectivity index (χ3v) is 4.97. The van der Waals surface area contributed by atoms with E-state index in [9.17, 15) is 14.9 Å². The molecular weight excluding hydrogens is 377 g/mol. The Balaban J connectivity index is 1.80. The van der Waals surface area contributed by atoms with Crippen molar-refractivity contribution in [2.24, 2.45) is 0 Å². The molecule has 0 aliphatic carbocycles. The van der Waals surface area contributed by atoms with Crippen LogP contribution < -0.4 is 5.32 Å². The number of nitrogens with zero attached hydrogens (tertiary/aromatic N) is 2. The first-order valence-corrected chi connectivity index (χ1v) is 8.90. The van der Waals surface area contributed by atoms with Gasteiger partial charge in [0.15, 0.2) is 0 Å². The van der Waals surface area contributed by atoms with Gasteiger partial charge in [0.25, 0.3) is 5.69 Å². The molecule has 2 aromatic rings. The van der Waals surface area contributed by atoms with Crippen LogP contribution in [0.15, 0.2) is 42.5 Å². The zero-order valence-corrected chi connectivity index (χ0v) is 15.3. The van der Waals surface area contributed by atoms with Gasteiger partial charge in [0.1, 0.15) is 0 Å². The van der Waals surface area contributed by atoms with Crippen LogP contribution in [0.25, 0.3) is 0 Å². The SMILES string of the molecule is O=C(Cc1ccc([N+](=O)[O-])cc1Cl)N1CCNCC1c1cccc(Cl)c1. The highest BCUT2D eigenvalue weighted by molar-refractivity contribution is 6.31. The molecule has 1 heterocycles. The number of carbonyl (C=O) groups is 1. The molecule has 1 unspecified atom stereocenters. The van der Waals surface area contributed by atoms with Gasteiger partial charge < -0.3 is 10.2 Å². The molecule has 136 valence electrons. The number of rotatable bonds is 4. The van der Waals surface area contributed by atoms with E-state index >= 15 is 0 Å². The Bertz CT molecular complexity index is 844. The van der Waals surface area contributed by atoms with Gasteiger partial charge in [-0.25, -0.2) is 0 Å². The monoisotopic (exact) mass is 393 g/mol. The van der Waals surface area contributed by atoms with Crippen molar-refractivity contribution in [3.8, 4) is 0 Å². The molecule has 1 aliphatic heterocycles. The average Bonchev–Trinajstić information content (AvgIpc) is 2.63. The van der Waals surface area contributed by atoms with Crippen LogP contribution in [-0.2, 0) is 11.2 Å². The zero-order chi connectivity index (χ0) is 18.7. The molecule has 3 rings (SSSR count). The second-order valence-corrected chi connectivity index (χ2v) is 6.92. The molecule has 1 atom stereocenters. The van der Waals surface area contributed by atoms with E-state index in [0.29, 0.717) is 30.2 Å². The second kappa shape index (κ2) is 8.03. The van der Waals surface area contributed by atoms with Gasteiger partial charge in [-0.05, 0) is 23.3 Å². The maximum atomic E-state index is 12.9. The predicted molar refractivity (Wildman–Crippen MR) is 101 cm³/mol. The summed E-state index contributed by atoms with van der Waals surface area (Å²) in [6.07, 6.45) is 0.0912. The molecule has 1 N–H and O–H groups in total. The minimum absolute atomic E-state index is 0.0766. The smallest absolute Gasteiger partial charge is 0.270 e. The number of hydrogen-bond acceptors (Lipinski definition) is 4. The zero-order valence-electron chi connectivity index (χ0n) is 13.8. The number of hydrogen-bond donors (Lipinski definition) is 1. The Labute approximate surface area is 160 Å². The highest BCUT2D eigenvalue weighted by Gasteiger charge is 2.28. The summed E-state index contributed by atoms with van der Waals surface area (Å²) in [6.45, 7) is 1.91. The Morgan fingerprint density at radius 1 is 1.27 bits per heavy atom. The summed E-state index contributed by atoms with van der Waals surface area (Å²) >= 11 is 12.2. The van der Waals surface area contributed by atoms with Crippen molar-refractivity contribution in [2.45, 2.75) is 12.5 Å². The lowest BCUT2D eigenvalue weighted by atomic mass is 10.0. The normalized spacial score (nSPS) is 17.2. The summed E-state index contributed by atoms with van der Waals surface area (Å²) in [5, 5.41) is 15.0. The number of non-ortho nitro benzene ring substituents is 1. The van der Waals surface area contributed by atoms with E-state index < -0.39 is 4.92 Å². The first kappa shape index (κ1) is 18.6. The molecule has 2 aromatic carbocycles. The molecule has 6 nitrogen and oxygen atoms in total. The van der Waals surface area contributed by atoms with E-state index in [1.165, 1.54) is 18.2 Å². The highest BCUT2D eigenvalue weighted by atomic mass is 35.5. The van der Waals surface area contributed by atoms with Crippen LogP contribution in [-0.4, -0.2) is 35.4 Å². The molecule has 0 radical (unpaired) electrons. The molecule has 0 aromatic heterocycles. The minimum atomic E-state index is -0.511. The van der Waals surface area contributed by atoms with Crippen LogP contribution in [0.4, 0.5) is 5.69 Å². The predicted octanol–water partition coefficient (Wildman–Crippen LogP) is 3.62. The maximum Gasteiger partial charge on any atom is 0.270 e. The first-order chi connectivity index (χ1) is 12.5. The van der Waals surface area contributed by atoms with Crippen LogP contribution in [0.2, 0.25) is 10.0 Å². The number of halogens is 2. The summed E-state index contributed by atoms with van der Waals surface area (Å²) in [6, 6.07) is 11.5. The number of nitrogens with one attached hydrogen (secondary N) is 1. The molecule has 0 saturated carbocycles. The van der Waals surface area contributed by atoms with Crippen LogP contribution in [0.1, 0.15) is 17.2 Å². The van der Waals surface area contributed by atoms with E-state index in [1.54, 1.807) is 11.0 Å². The van der Waals surface area contributed by atoms with Crippen molar-refractivity contribution in [1.82, 2.24) is 10.2 Å². The summed E-state index contributed by atoms with van der Waals surface area (Å²) in [7, 11) is 0. The molecule has 0 bridgehead atoms. The quantitative estimate of drug-likeness (QED) is 0.635. The van der Waals surface area contributed by atoms with E-state index in [-0.39, 0.29) is 29.1 Å². The summed E-state index contributed by atoms with van der Waals surface area (Å²) in [5.74, 6) is -0.0766. The molecule has 8 heteroatoms. The van der Waals surface area contributed by atoms with Crippen molar-refractivity contribution in [3.63, 3.8) is 0 Å². The number of benzene rings is 2. The van der Waals surface area contributed by atoms with Gasteiger partial charge in [-0.1, -0.05) is 41.4 Å². The van der Waals surface area contributed by atoms with Gasteiger partial charge in [-0.15, -0.1) is 0 Å². The standard InChI is InChI=1S/C18H17Cl2N3O3/c19-14-3-1-2-13(8-14)17-11-21-6-7-22(17)18(24)9-12-4-5-15(23(25)26)10-16(12)20/h1-5,8,10,17,21H,6-7,9,11H2. The van der Waals surface area contributed by atoms with E-state index in [4.69, 9.17) is 23.2 Å². The van der Waals surface area contributed by atoms with Crippen molar-refractivity contribution in [1.29, 1.82) is 0 Å². The van der Waals surface area contributed by atoms with Crippen LogP contribution in [0.3, 0.4) is 0 Å². The van der Waals surface area contributed by atoms with Gasteiger partial charge in [-0.3, -0.25) is 14.9 Å². The van der Waals surface area contributed by atoms with Gasteiger partial charge in [0.2, 0.25) is 5.91 Å². The minimum Gasteiger partial charge on any atom is -0.333 e. The van der Waals surface area contributed by atoms with Crippen LogP contribution >= 0.6 is 23.2 Å². The van der Waals surface area contributed by atoms with Gasteiger partial charge >= 0.3 is 0 Å². The molecule has 1 amide bonds. The Morgan fingerprint density at radius 3 is 2.77 bits per heavy atom. The Hall–Kier alpha value is -2.15. The molecular formula is C18H17Cl2N3O3. The number of nitro groups is 1. The van der Waals surface area contributed by atoms with Gasteiger partial charge in [0.05, 0.1) is 22.4 Å². The largest absolute Gasteiger partial charge is 0.333 e. The van der Waals surface area contributed by atoms with Crippen LogP contribution in [0.5, 0.6) is 0 Å². The fourth-order valence-corrected chi connectivity index (χ4v) is 3.51. The summed E-state index contributed by atoms with van der Waals surface area (Å²) in [5.41, 5.74) is 1.45. The number of piperazine rings is 1. The molecule has 0 spiro atoms. The third kappa shape index (κ3) is 4.15. The summed E-state index contributed by atoms with van der Waals surface area (Å²) < 4.78 is 0. The number of nitro benzene ring substituents is 1. The fraction of sp³-hybridized carbons (Fsp3) is 0.278.